The van der Waals surface area contributed by atoms with Gasteiger partial charge in [-0.3, -0.25) is 4.57 Å². The lowest BCUT2D eigenvalue weighted by atomic mass is 9.86. The van der Waals surface area contributed by atoms with E-state index in [-0.39, 0.29) is 0 Å². The Morgan fingerprint density at radius 3 is 1.40 bits per heavy atom. The normalized spacial score (nSPS) is 11.8. The molecule has 0 radical (unpaired) electrons. The van der Waals surface area contributed by atoms with E-state index in [0.29, 0.717) is 0 Å². The predicted molar refractivity (Wildman–Crippen MR) is 266 cm³/mol. The Bertz CT molecular complexity index is 3960. The molecule has 13 rings (SSSR count). The second-order valence-corrected chi connectivity index (χ2v) is 16.5. The van der Waals surface area contributed by atoms with Gasteiger partial charge in [0, 0.05) is 27.6 Å². The van der Waals surface area contributed by atoms with Crippen molar-refractivity contribution in [2.75, 3.05) is 0 Å². The summed E-state index contributed by atoms with van der Waals surface area (Å²) in [6, 6.07) is 81.1. The fourth-order valence-corrected chi connectivity index (χ4v) is 10.1. The van der Waals surface area contributed by atoms with Gasteiger partial charge in [-0.05, 0) is 119 Å². The molecule has 292 valence electrons. The Hall–Kier alpha value is -8.40. The molecule has 0 amide bonds. The van der Waals surface area contributed by atoms with E-state index in [1.165, 1.54) is 65.2 Å². The molecule has 0 aliphatic rings. The zero-order chi connectivity index (χ0) is 41.4. The third-order valence-corrected chi connectivity index (χ3v) is 12.9. The van der Waals surface area contributed by atoms with Gasteiger partial charge in [-0.15, -0.1) is 0 Å². The summed E-state index contributed by atoms with van der Waals surface area (Å²) >= 11 is 0. The van der Waals surface area contributed by atoms with Crippen molar-refractivity contribution < 1.29 is 0 Å². The molecule has 3 nitrogen and oxygen atoms in total. The molecule has 0 saturated carbocycles. The van der Waals surface area contributed by atoms with E-state index in [2.05, 4.69) is 229 Å². The molecule has 0 aliphatic carbocycles. The molecule has 0 N–H and O–H groups in total. The molecular formula is C60H37N3. The maximum absolute atomic E-state index is 5.67. The Balaban J connectivity index is 1.13. The second kappa shape index (κ2) is 14.1. The summed E-state index contributed by atoms with van der Waals surface area (Å²) < 4.78 is 2.26. The molecule has 2 aromatic heterocycles. The molecule has 0 fully saturated rings. The minimum absolute atomic E-state index is 0.904. The quantitative estimate of drug-likeness (QED) is 0.162. The van der Waals surface area contributed by atoms with E-state index in [0.717, 1.165) is 61.2 Å². The number of benzene rings is 11. The first-order valence-electron chi connectivity index (χ1n) is 21.6. The van der Waals surface area contributed by atoms with Crippen LogP contribution in [-0.4, -0.2) is 14.5 Å². The fourth-order valence-electron chi connectivity index (χ4n) is 10.1. The van der Waals surface area contributed by atoms with Crippen molar-refractivity contribution in [2.45, 2.75) is 0 Å². The predicted octanol–water partition coefficient (Wildman–Crippen LogP) is 16.0. The molecule has 2 heterocycles. The van der Waals surface area contributed by atoms with Crippen LogP contribution in [0.25, 0.3) is 126 Å². The van der Waals surface area contributed by atoms with Gasteiger partial charge in [-0.2, -0.15) is 0 Å². The molecule has 63 heavy (non-hydrogen) atoms. The van der Waals surface area contributed by atoms with E-state index in [4.69, 9.17) is 9.97 Å². The molecule has 3 heteroatoms. The van der Waals surface area contributed by atoms with Gasteiger partial charge >= 0.3 is 0 Å². The largest absolute Gasteiger partial charge is 0.292 e. The van der Waals surface area contributed by atoms with E-state index >= 15 is 0 Å². The number of hydrogen-bond donors (Lipinski definition) is 0. The van der Waals surface area contributed by atoms with Crippen molar-refractivity contribution in [1.82, 2.24) is 14.5 Å². The summed E-state index contributed by atoms with van der Waals surface area (Å²) in [6.45, 7) is 0. The zero-order valence-electron chi connectivity index (χ0n) is 34.2. The molecule has 0 unspecified atom stereocenters. The lowest BCUT2D eigenvalue weighted by Crippen LogP contribution is -1.97. The van der Waals surface area contributed by atoms with Crippen molar-refractivity contribution >= 4 is 75.8 Å². The Morgan fingerprint density at radius 1 is 0.302 bits per heavy atom. The summed E-state index contributed by atoms with van der Waals surface area (Å²) in [6.07, 6.45) is 0. The maximum atomic E-state index is 5.67. The minimum atomic E-state index is 0.904. The second-order valence-electron chi connectivity index (χ2n) is 16.5. The van der Waals surface area contributed by atoms with Gasteiger partial charge in [0.2, 0.25) is 0 Å². The van der Waals surface area contributed by atoms with Crippen molar-refractivity contribution in [3.8, 4) is 50.6 Å². The number of aromatic nitrogens is 3. The van der Waals surface area contributed by atoms with Crippen LogP contribution in [0.5, 0.6) is 0 Å². The minimum Gasteiger partial charge on any atom is -0.292 e. The van der Waals surface area contributed by atoms with Crippen molar-refractivity contribution in [1.29, 1.82) is 0 Å². The van der Waals surface area contributed by atoms with Crippen LogP contribution in [0.2, 0.25) is 0 Å². The van der Waals surface area contributed by atoms with Crippen LogP contribution in [0.15, 0.2) is 224 Å². The van der Waals surface area contributed by atoms with E-state index < -0.39 is 0 Å². The first-order chi connectivity index (χ1) is 31.2. The number of rotatable bonds is 5. The first kappa shape index (κ1) is 35.4. The molecule has 0 atom stereocenters. The van der Waals surface area contributed by atoms with Crippen LogP contribution in [0, 0.1) is 0 Å². The number of imidazole rings is 1. The van der Waals surface area contributed by atoms with Crippen LogP contribution in [0.3, 0.4) is 0 Å². The molecule has 0 spiro atoms. The summed E-state index contributed by atoms with van der Waals surface area (Å²) in [5.74, 6) is 0.906. The highest BCUT2D eigenvalue weighted by Crippen LogP contribution is 2.46. The summed E-state index contributed by atoms with van der Waals surface area (Å²) in [5.41, 5.74) is 11.7. The van der Waals surface area contributed by atoms with Gasteiger partial charge in [-0.25, -0.2) is 9.97 Å². The third-order valence-electron chi connectivity index (χ3n) is 12.9. The third kappa shape index (κ3) is 5.60. The van der Waals surface area contributed by atoms with Crippen LogP contribution >= 0.6 is 0 Å². The zero-order valence-corrected chi connectivity index (χ0v) is 34.2. The smallest absolute Gasteiger partial charge is 0.145 e. The molecule has 0 aliphatic heterocycles. The van der Waals surface area contributed by atoms with Crippen LogP contribution in [0.1, 0.15) is 0 Å². The highest BCUT2D eigenvalue weighted by molar-refractivity contribution is 6.23. The summed E-state index contributed by atoms with van der Waals surface area (Å²) in [7, 11) is 0. The number of pyridine rings is 1. The van der Waals surface area contributed by atoms with Gasteiger partial charge in [0.25, 0.3) is 0 Å². The number of nitrogens with zero attached hydrogens (tertiary/aromatic N) is 3. The first-order valence-corrected chi connectivity index (χ1v) is 21.6. The molecule has 13 aromatic rings. The van der Waals surface area contributed by atoms with Crippen LogP contribution in [0.4, 0.5) is 0 Å². The van der Waals surface area contributed by atoms with E-state index in [9.17, 15) is 0 Å². The Kier molecular flexibility index (Phi) is 7.91. The van der Waals surface area contributed by atoms with E-state index in [1.54, 1.807) is 0 Å². The fraction of sp³-hybridized carbons (Fsp3) is 0. The number of fused-ring (bicyclic) bond motifs is 10. The van der Waals surface area contributed by atoms with Gasteiger partial charge in [0.1, 0.15) is 5.82 Å². The average Bonchev–Trinajstić information content (AvgIpc) is 3.75. The maximum Gasteiger partial charge on any atom is 0.145 e. The topological polar surface area (TPSA) is 30.7 Å². The van der Waals surface area contributed by atoms with Crippen LogP contribution in [-0.2, 0) is 0 Å². The van der Waals surface area contributed by atoms with Gasteiger partial charge < -0.3 is 0 Å². The highest BCUT2D eigenvalue weighted by atomic mass is 15.1. The SMILES string of the molecule is c1ccc(-c2nc3cc(-c4cc(-c5cc6ccccc6c6ccccc56)c5cc(-c6cc7ccccc7c7ccccc67)c6ccccc6c5n4)ccc3n2-c2ccccc2)cc1. The van der Waals surface area contributed by atoms with Crippen molar-refractivity contribution in [3.63, 3.8) is 0 Å². The molecular weight excluding hydrogens is 763 g/mol. The molecule has 11 aromatic carbocycles. The average molecular weight is 800 g/mol. The summed E-state index contributed by atoms with van der Waals surface area (Å²) in [4.78, 5) is 11.0. The van der Waals surface area contributed by atoms with Crippen molar-refractivity contribution in [3.05, 3.63) is 224 Å². The lowest BCUT2D eigenvalue weighted by Gasteiger charge is -2.19. The van der Waals surface area contributed by atoms with Gasteiger partial charge in [-0.1, -0.05) is 176 Å². The monoisotopic (exact) mass is 799 g/mol. The standard InChI is InChI=1S/C60H37N3/c1-3-17-38(18-4-1)60-62-57-35-41(31-32-58(57)63(60)42-21-5-2-6-22-42)56-37-54(52-34-40-20-8-10-24-44(40)46-26-12-14-28-48(46)52)55-36-53(49-29-15-16-30-50(49)59(55)61-56)51-33-39-19-7-9-23-43(39)45-25-11-13-27-47(45)51/h1-37H. The summed E-state index contributed by atoms with van der Waals surface area (Å²) in [5, 5.41) is 13.3. The highest BCUT2D eigenvalue weighted by Gasteiger charge is 2.21. The van der Waals surface area contributed by atoms with E-state index in [1.807, 2.05) is 0 Å². The van der Waals surface area contributed by atoms with Gasteiger partial charge in [0.05, 0.1) is 22.2 Å². The van der Waals surface area contributed by atoms with Gasteiger partial charge in [0.15, 0.2) is 0 Å². The number of hydrogen-bond acceptors (Lipinski definition) is 2. The Labute approximate surface area is 363 Å². The number of para-hydroxylation sites is 1. The molecule has 0 saturated heterocycles. The lowest BCUT2D eigenvalue weighted by molar-refractivity contribution is 1.10. The Morgan fingerprint density at radius 2 is 0.778 bits per heavy atom. The van der Waals surface area contributed by atoms with Crippen molar-refractivity contribution in [2.24, 2.45) is 0 Å². The molecule has 0 bridgehead atoms. The van der Waals surface area contributed by atoms with Crippen LogP contribution < -0.4 is 0 Å².